The van der Waals surface area contributed by atoms with E-state index in [1.807, 2.05) is 0 Å². The third-order valence-corrected chi connectivity index (χ3v) is 4.91. The Bertz CT molecular complexity index is 277. The maximum absolute atomic E-state index is 3.67. The summed E-state index contributed by atoms with van der Waals surface area (Å²) in [4.78, 5) is 5.51. The molecule has 1 N–H and O–H groups in total. The highest BCUT2D eigenvalue weighted by Crippen LogP contribution is 2.27. The second kappa shape index (κ2) is 4.52. The summed E-state index contributed by atoms with van der Waals surface area (Å²) in [5.74, 6) is 0. The quantitative estimate of drug-likeness (QED) is 0.741. The number of hydrogen-bond acceptors (Lipinski definition) is 3. The molecule has 0 amide bonds. The smallest absolute Gasteiger partial charge is 0.0238 e. The van der Waals surface area contributed by atoms with E-state index in [9.17, 15) is 0 Å². The van der Waals surface area contributed by atoms with Crippen LogP contribution in [0.3, 0.4) is 0 Å². The lowest BCUT2D eigenvalue weighted by Gasteiger charge is -2.30. The molecule has 3 fully saturated rings. The van der Waals surface area contributed by atoms with Crippen LogP contribution in [0.5, 0.6) is 0 Å². The molecule has 0 aromatic carbocycles. The highest BCUT2D eigenvalue weighted by Gasteiger charge is 2.37. The topological polar surface area (TPSA) is 18.5 Å². The lowest BCUT2D eigenvalue weighted by Crippen LogP contribution is -2.42. The molecule has 0 aliphatic carbocycles. The van der Waals surface area contributed by atoms with E-state index in [0.717, 1.165) is 12.1 Å². The van der Waals surface area contributed by atoms with Gasteiger partial charge in [-0.15, -0.1) is 0 Å². The normalized spacial score (nSPS) is 39.2. The van der Waals surface area contributed by atoms with Crippen LogP contribution in [0.1, 0.15) is 39.5 Å². The van der Waals surface area contributed by atoms with Crippen molar-refractivity contribution in [2.24, 2.45) is 0 Å². The molecule has 3 heterocycles. The maximum atomic E-state index is 3.67. The third-order valence-electron chi connectivity index (χ3n) is 4.91. The van der Waals surface area contributed by atoms with Crippen molar-refractivity contribution < 1.29 is 0 Å². The average Bonchev–Trinajstić information content (AvgIpc) is 2.80. The van der Waals surface area contributed by atoms with Crippen molar-refractivity contribution in [3.63, 3.8) is 0 Å². The minimum absolute atomic E-state index is 0.354. The standard InChI is InChI=1S/C14H27N3/c1-14(2)9-13(10-15-14)17-8-4-7-16-6-3-5-12(16)11-17/h12-13,15H,3-11H2,1-2H3. The van der Waals surface area contributed by atoms with Crippen LogP contribution in [0.2, 0.25) is 0 Å². The van der Waals surface area contributed by atoms with Gasteiger partial charge in [0.2, 0.25) is 0 Å². The van der Waals surface area contributed by atoms with Crippen molar-refractivity contribution in [2.45, 2.75) is 57.2 Å². The molecule has 98 valence electrons. The van der Waals surface area contributed by atoms with Gasteiger partial charge >= 0.3 is 0 Å². The van der Waals surface area contributed by atoms with E-state index in [2.05, 4.69) is 29.0 Å². The highest BCUT2D eigenvalue weighted by molar-refractivity contribution is 4.96. The predicted molar refractivity (Wildman–Crippen MR) is 71.3 cm³/mol. The van der Waals surface area contributed by atoms with Gasteiger partial charge in [-0.25, -0.2) is 0 Å². The molecular formula is C14H27N3. The number of fused-ring (bicyclic) bond motifs is 1. The van der Waals surface area contributed by atoms with Gasteiger partial charge in [0.25, 0.3) is 0 Å². The zero-order valence-corrected chi connectivity index (χ0v) is 11.4. The molecule has 3 aliphatic rings. The summed E-state index contributed by atoms with van der Waals surface area (Å²) in [7, 11) is 0. The number of rotatable bonds is 1. The molecule has 2 atom stereocenters. The fourth-order valence-corrected chi connectivity index (χ4v) is 3.95. The summed E-state index contributed by atoms with van der Waals surface area (Å²) >= 11 is 0. The zero-order chi connectivity index (χ0) is 11.9. The van der Waals surface area contributed by atoms with Gasteiger partial charge in [-0.3, -0.25) is 9.80 Å². The Morgan fingerprint density at radius 2 is 1.76 bits per heavy atom. The van der Waals surface area contributed by atoms with E-state index in [-0.39, 0.29) is 0 Å². The maximum Gasteiger partial charge on any atom is 0.0238 e. The Balaban J connectivity index is 1.63. The van der Waals surface area contributed by atoms with Gasteiger partial charge in [-0.1, -0.05) is 0 Å². The molecular weight excluding hydrogens is 210 g/mol. The molecule has 3 nitrogen and oxygen atoms in total. The largest absolute Gasteiger partial charge is 0.310 e. The van der Waals surface area contributed by atoms with Gasteiger partial charge < -0.3 is 5.32 Å². The summed E-state index contributed by atoms with van der Waals surface area (Å²) in [6, 6.07) is 1.65. The second-order valence-corrected chi connectivity index (χ2v) is 6.80. The lowest BCUT2D eigenvalue weighted by atomic mass is 10.0. The van der Waals surface area contributed by atoms with Gasteiger partial charge in [0.05, 0.1) is 0 Å². The molecule has 0 spiro atoms. The Hall–Kier alpha value is -0.120. The Kier molecular flexibility index (Phi) is 3.18. The summed E-state index contributed by atoms with van der Waals surface area (Å²) in [6.45, 7) is 11.2. The van der Waals surface area contributed by atoms with Crippen LogP contribution in [-0.4, -0.2) is 60.1 Å². The van der Waals surface area contributed by atoms with Crippen LogP contribution >= 0.6 is 0 Å². The summed E-state index contributed by atoms with van der Waals surface area (Å²) in [6.07, 6.45) is 5.54. The third kappa shape index (κ3) is 2.51. The first kappa shape index (κ1) is 11.9. The fourth-order valence-electron chi connectivity index (χ4n) is 3.95. The minimum atomic E-state index is 0.354. The van der Waals surface area contributed by atoms with Crippen LogP contribution in [0.15, 0.2) is 0 Å². The van der Waals surface area contributed by atoms with E-state index < -0.39 is 0 Å². The second-order valence-electron chi connectivity index (χ2n) is 6.80. The first-order valence-corrected chi connectivity index (χ1v) is 7.37. The van der Waals surface area contributed by atoms with E-state index in [1.165, 1.54) is 58.4 Å². The van der Waals surface area contributed by atoms with E-state index >= 15 is 0 Å². The van der Waals surface area contributed by atoms with Crippen molar-refractivity contribution in [1.29, 1.82) is 0 Å². The molecule has 0 aromatic rings. The van der Waals surface area contributed by atoms with E-state index in [4.69, 9.17) is 0 Å². The summed E-state index contributed by atoms with van der Waals surface area (Å²) < 4.78 is 0. The molecule has 0 aromatic heterocycles. The van der Waals surface area contributed by atoms with Crippen molar-refractivity contribution in [1.82, 2.24) is 15.1 Å². The fraction of sp³-hybridized carbons (Fsp3) is 1.00. The predicted octanol–water partition coefficient (Wildman–Crippen LogP) is 1.30. The van der Waals surface area contributed by atoms with Crippen LogP contribution in [0.4, 0.5) is 0 Å². The highest BCUT2D eigenvalue weighted by atomic mass is 15.3. The Morgan fingerprint density at radius 3 is 2.53 bits per heavy atom. The Labute approximate surface area is 106 Å². The molecule has 3 aliphatic heterocycles. The SMILES string of the molecule is CC1(C)CC(N2CCCN3CCCC3C2)CN1. The monoisotopic (exact) mass is 237 g/mol. The number of nitrogens with one attached hydrogen (secondary N) is 1. The first-order chi connectivity index (χ1) is 8.14. The number of hydrogen-bond donors (Lipinski definition) is 1. The van der Waals surface area contributed by atoms with E-state index in [0.29, 0.717) is 5.54 Å². The van der Waals surface area contributed by atoms with Gasteiger partial charge in [-0.05, 0) is 59.2 Å². The van der Waals surface area contributed by atoms with Gasteiger partial charge in [0, 0.05) is 30.7 Å². The van der Waals surface area contributed by atoms with Crippen LogP contribution in [0, 0.1) is 0 Å². The summed E-state index contributed by atoms with van der Waals surface area (Å²) in [5, 5.41) is 3.67. The van der Waals surface area contributed by atoms with E-state index in [1.54, 1.807) is 0 Å². The van der Waals surface area contributed by atoms with Crippen LogP contribution in [0.25, 0.3) is 0 Å². The molecule has 3 rings (SSSR count). The lowest BCUT2D eigenvalue weighted by molar-refractivity contribution is 0.177. The molecule has 3 heteroatoms. The Morgan fingerprint density at radius 1 is 1.00 bits per heavy atom. The molecule has 2 unspecified atom stereocenters. The van der Waals surface area contributed by atoms with Crippen molar-refractivity contribution in [3.05, 3.63) is 0 Å². The molecule has 17 heavy (non-hydrogen) atoms. The average molecular weight is 237 g/mol. The van der Waals surface area contributed by atoms with Crippen molar-refractivity contribution in [3.8, 4) is 0 Å². The van der Waals surface area contributed by atoms with Crippen LogP contribution in [-0.2, 0) is 0 Å². The van der Waals surface area contributed by atoms with Crippen molar-refractivity contribution >= 4 is 0 Å². The zero-order valence-electron chi connectivity index (χ0n) is 11.4. The first-order valence-electron chi connectivity index (χ1n) is 7.37. The van der Waals surface area contributed by atoms with Gasteiger partial charge in [-0.2, -0.15) is 0 Å². The molecule has 3 saturated heterocycles. The number of nitrogens with zero attached hydrogens (tertiary/aromatic N) is 2. The molecule has 0 saturated carbocycles. The van der Waals surface area contributed by atoms with Crippen LogP contribution < -0.4 is 5.32 Å². The van der Waals surface area contributed by atoms with Gasteiger partial charge in [0.1, 0.15) is 0 Å². The minimum Gasteiger partial charge on any atom is -0.310 e. The van der Waals surface area contributed by atoms with Crippen molar-refractivity contribution in [2.75, 3.05) is 32.7 Å². The molecule has 0 bridgehead atoms. The summed E-state index contributed by atoms with van der Waals surface area (Å²) in [5.41, 5.74) is 0.354. The van der Waals surface area contributed by atoms with Gasteiger partial charge in [0.15, 0.2) is 0 Å². The molecule has 0 radical (unpaired) electrons.